The predicted octanol–water partition coefficient (Wildman–Crippen LogP) is 5.34. The molecule has 3 aliphatic heterocycles. The van der Waals surface area contributed by atoms with E-state index in [0.29, 0.717) is 21.5 Å². The fourth-order valence-corrected chi connectivity index (χ4v) is 6.43. The molecule has 0 radical (unpaired) electrons. The average molecular weight is 589 g/mol. The smallest absolute Gasteiger partial charge is 0.356 e. The van der Waals surface area contributed by atoms with Gasteiger partial charge in [-0.1, -0.05) is 12.1 Å². The van der Waals surface area contributed by atoms with E-state index in [1.165, 1.54) is 43.1 Å². The van der Waals surface area contributed by atoms with Gasteiger partial charge in [0.05, 0.1) is 11.3 Å². The van der Waals surface area contributed by atoms with Gasteiger partial charge in [0.2, 0.25) is 5.95 Å². The van der Waals surface area contributed by atoms with Crippen LogP contribution in [0.25, 0.3) is 11.3 Å². The van der Waals surface area contributed by atoms with E-state index in [4.69, 9.17) is 22.2 Å². The van der Waals surface area contributed by atoms with Crippen LogP contribution in [-0.2, 0) is 6.18 Å². The maximum Gasteiger partial charge on any atom is 0.416 e. The van der Waals surface area contributed by atoms with Gasteiger partial charge < -0.3 is 24.9 Å². The molecular formula is C27H31F3N8S2. The van der Waals surface area contributed by atoms with Crippen molar-refractivity contribution in [1.82, 2.24) is 19.9 Å². The zero-order valence-electron chi connectivity index (χ0n) is 22.0. The van der Waals surface area contributed by atoms with Crippen molar-refractivity contribution in [1.29, 1.82) is 0 Å². The summed E-state index contributed by atoms with van der Waals surface area (Å²) in [5, 5.41) is 6.03. The van der Waals surface area contributed by atoms with Crippen LogP contribution >= 0.6 is 23.6 Å². The third-order valence-electron chi connectivity index (χ3n) is 7.60. The molecule has 0 bridgehead atoms. The summed E-state index contributed by atoms with van der Waals surface area (Å²) in [6.45, 7) is 7.06. The first-order chi connectivity index (χ1) is 19.3. The number of hydrogen-bond donors (Lipinski definition) is 1. The zero-order chi connectivity index (χ0) is 27.7. The molecule has 8 nitrogen and oxygen atoms in total. The minimum Gasteiger partial charge on any atom is -0.356 e. The van der Waals surface area contributed by atoms with E-state index in [-0.39, 0.29) is 0 Å². The monoisotopic (exact) mass is 588 g/mol. The van der Waals surface area contributed by atoms with E-state index in [2.05, 4.69) is 36.0 Å². The highest BCUT2D eigenvalue weighted by Crippen LogP contribution is 2.33. The van der Waals surface area contributed by atoms with Gasteiger partial charge in [-0.05, 0) is 50.0 Å². The first kappa shape index (κ1) is 27.0. The highest BCUT2D eigenvalue weighted by molar-refractivity contribution is 7.80. The van der Waals surface area contributed by atoms with Crippen molar-refractivity contribution < 1.29 is 13.2 Å². The highest BCUT2D eigenvalue weighted by atomic mass is 32.1. The molecule has 6 rings (SSSR count). The predicted molar refractivity (Wildman–Crippen MR) is 157 cm³/mol. The van der Waals surface area contributed by atoms with Crippen LogP contribution in [0.3, 0.4) is 0 Å². The maximum atomic E-state index is 13.1. The van der Waals surface area contributed by atoms with E-state index in [1.54, 1.807) is 11.4 Å². The number of thiocarbonyl (C=S) groups is 1. The fraction of sp³-hybridized carbons (Fsp3) is 0.481. The summed E-state index contributed by atoms with van der Waals surface area (Å²) in [7, 11) is 0. The Balaban J connectivity index is 1.09. The number of alkyl halides is 3. The summed E-state index contributed by atoms with van der Waals surface area (Å²) in [4.78, 5) is 23.4. The highest BCUT2D eigenvalue weighted by Gasteiger charge is 2.31. The Morgan fingerprint density at radius 1 is 0.800 bits per heavy atom. The summed E-state index contributed by atoms with van der Waals surface area (Å²) in [5.41, 5.74) is 0.215. The number of aromatic nitrogens is 3. The summed E-state index contributed by atoms with van der Waals surface area (Å²) in [5.74, 6) is 2.81. The molecule has 0 aliphatic carbocycles. The molecule has 3 fully saturated rings. The summed E-state index contributed by atoms with van der Waals surface area (Å²) in [6, 6.07) is 7.33. The van der Waals surface area contributed by atoms with Crippen LogP contribution in [-0.4, -0.2) is 77.3 Å². The van der Waals surface area contributed by atoms with Gasteiger partial charge in [-0.15, -0.1) is 11.3 Å². The maximum absolute atomic E-state index is 13.1. The van der Waals surface area contributed by atoms with Gasteiger partial charge in [0.15, 0.2) is 10.2 Å². The Morgan fingerprint density at radius 3 is 2.08 bits per heavy atom. The van der Waals surface area contributed by atoms with E-state index in [0.717, 1.165) is 82.1 Å². The lowest BCUT2D eigenvalue weighted by Crippen LogP contribution is -2.50. The van der Waals surface area contributed by atoms with E-state index in [1.807, 2.05) is 0 Å². The molecule has 0 unspecified atom stereocenters. The molecule has 40 heavy (non-hydrogen) atoms. The number of thiazole rings is 1. The summed E-state index contributed by atoms with van der Waals surface area (Å²) in [6.07, 6.45) is 0.352. The second-order valence-electron chi connectivity index (χ2n) is 10.3. The van der Waals surface area contributed by atoms with Crippen LogP contribution in [0.4, 0.5) is 35.9 Å². The van der Waals surface area contributed by atoms with Crippen molar-refractivity contribution in [3.8, 4) is 11.3 Å². The Kier molecular flexibility index (Phi) is 7.67. The Labute approximate surface area is 240 Å². The molecule has 13 heteroatoms. The molecule has 0 saturated carbocycles. The molecule has 3 aliphatic rings. The molecule has 3 saturated heterocycles. The lowest BCUT2D eigenvalue weighted by Gasteiger charge is -2.37. The van der Waals surface area contributed by atoms with Crippen molar-refractivity contribution in [2.24, 2.45) is 0 Å². The minimum atomic E-state index is -4.39. The third-order valence-corrected chi connectivity index (χ3v) is 8.72. The average Bonchev–Trinajstić information content (AvgIpc) is 3.76. The first-order valence-corrected chi connectivity index (χ1v) is 15.0. The molecular weight excluding hydrogens is 557 g/mol. The molecule has 2 aromatic heterocycles. The normalized spacial score (nSPS) is 18.1. The Bertz CT molecular complexity index is 1310. The number of benzene rings is 1. The van der Waals surface area contributed by atoms with Crippen molar-refractivity contribution in [3.05, 3.63) is 41.3 Å². The SMILES string of the molecule is FC(F)(F)c1cccc(-c2csc(NC(=S)N3CCN(c4cc(N5CCCC5)nc(N5CCCC5)n4)CC3)n2)c1. The molecule has 5 heterocycles. The van der Waals surface area contributed by atoms with Crippen LogP contribution in [0.15, 0.2) is 35.7 Å². The number of halogens is 3. The first-order valence-electron chi connectivity index (χ1n) is 13.7. The van der Waals surface area contributed by atoms with Gasteiger partial charge in [-0.25, -0.2) is 4.98 Å². The quantitative estimate of drug-likeness (QED) is 0.398. The molecule has 3 aromatic rings. The van der Waals surface area contributed by atoms with Gasteiger partial charge in [-0.3, -0.25) is 0 Å². The number of rotatable bonds is 5. The zero-order valence-corrected chi connectivity index (χ0v) is 23.7. The number of piperazine rings is 1. The molecule has 212 valence electrons. The second kappa shape index (κ2) is 11.4. The topological polar surface area (TPSA) is 63.7 Å². The van der Waals surface area contributed by atoms with Crippen LogP contribution < -0.4 is 20.0 Å². The molecule has 0 atom stereocenters. The number of anilines is 4. The number of nitrogens with one attached hydrogen (secondary N) is 1. The second-order valence-corrected chi connectivity index (χ2v) is 11.5. The van der Waals surface area contributed by atoms with E-state index < -0.39 is 11.7 Å². The van der Waals surface area contributed by atoms with Crippen molar-refractivity contribution in [3.63, 3.8) is 0 Å². The minimum absolute atomic E-state index is 0.421. The fourth-order valence-electron chi connectivity index (χ4n) is 5.37. The summed E-state index contributed by atoms with van der Waals surface area (Å²) < 4.78 is 39.3. The lowest BCUT2D eigenvalue weighted by atomic mass is 10.1. The molecule has 0 spiro atoms. The number of nitrogens with zero attached hydrogens (tertiary/aromatic N) is 7. The van der Waals surface area contributed by atoms with Crippen LogP contribution in [0.2, 0.25) is 0 Å². The van der Waals surface area contributed by atoms with E-state index >= 15 is 0 Å². The van der Waals surface area contributed by atoms with Gasteiger partial charge >= 0.3 is 6.18 Å². The largest absolute Gasteiger partial charge is 0.416 e. The Hall–Kier alpha value is -3.19. The van der Waals surface area contributed by atoms with Crippen LogP contribution in [0.5, 0.6) is 0 Å². The Morgan fingerprint density at radius 2 is 1.43 bits per heavy atom. The molecule has 1 aromatic carbocycles. The van der Waals surface area contributed by atoms with E-state index in [9.17, 15) is 13.2 Å². The number of hydrogen-bond acceptors (Lipinski definition) is 8. The van der Waals surface area contributed by atoms with Crippen LogP contribution in [0.1, 0.15) is 31.2 Å². The lowest BCUT2D eigenvalue weighted by molar-refractivity contribution is -0.137. The third kappa shape index (κ3) is 5.95. The van der Waals surface area contributed by atoms with Crippen molar-refractivity contribution >= 4 is 51.4 Å². The van der Waals surface area contributed by atoms with Gasteiger partial charge in [0, 0.05) is 69.4 Å². The summed E-state index contributed by atoms with van der Waals surface area (Å²) >= 11 is 6.99. The van der Waals surface area contributed by atoms with Crippen molar-refractivity contribution in [2.75, 3.05) is 72.4 Å². The standard InChI is InChI=1S/C27H31F3N8S2/c28-27(29,30)20-7-5-6-19(16-20)21-18-40-25(31-21)34-26(39)38-14-12-36(13-15-38)23-17-22(35-8-1-2-9-35)32-24(33-23)37-10-3-4-11-37/h5-7,16-18H,1-4,8-15H2,(H,31,34,39). The van der Waals surface area contributed by atoms with Gasteiger partial charge in [0.1, 0.15) is 11.6 Å². The molecule has 0 amide bonds. The van der Waals surface area contributed by atoms with Crippen molar-refractivity contribution in [2.45, 2.75) is 31.9 Å². The molecule has 1 N–H and O–H groups in total. The van der Waals surface area contributed by atoms with Gasteiger partial charge in [0.25, 0.3) is 0 Å². The van der Waals surface area contributed by atoms with Crippen LogP contribution in [0, 0.1) is 0 Å². The van der Waals surface area contributed by atoms with Gasteiger partial charge in [-0.2, -0.15) is 23.1 Å².